The molecule has 3 aromatic carbocycles. The summed E-state index contributed by atoms with van der Waals surface area (Å²) in [4.78, 5) is 15.1. The number of hydrogen-bond donors (Lipinski definition) is 3. The summed E-state index contributed by atoms with van der Waals surface area (Å²) in [7, 11) is 0. The van der Waals surface area contributed by atoms with Gasteiger partial charge in [0.25, 0.3) is 5.91 Å². The van der Waals surface area contributed by atoms with Gasteiger partial charge in [-0.05, 0) is 61.7 Å². The average molecular weight is 443 g/mol. The van der Waals surface area contributed by atoms with Crippen molar-refractivity contribution in [1.82, 2.24) is 0 Å². The standard InChI is InChI=1S/C27H30N4O2/c28-26(27(32)30-21-13-15-22(16-14-21)31-18-7-2-8-19-31)24-11-5-6-12-25(24)29-17-20-33-23-9-3-1-4-10-23/h1,3-6,9-16,28-29H,2,7-8,17-20H2,(H,30,32). The van der Waals surface area contributed by atoms with E-state index in [0.29, 0.717) is 24.4 Å². The van der Waals surface area contributed by atoms with Crippen LogP contribution in [0.1, 0.15) is 24.8 Å². The van der Waals surface area contributed by atoms with Gasteiger partial charge in [0.1, 0.15) is 18.1 Å². The van der Waals surface area contributed by atoms with E-state index in [2.05, 4.69) is 15.5 Å². The Labute approximate surface area is 195 Å². The highest BCUT2D eigenvalue weighted by Crippen LogP contribution is 2.22. The number of benzene rings is 3. The molecule has 1 fully saturated rings. The monoisotopic (exact) mass is 442 g/mol. The van der Waals surface area contributed by atoms with Crippen LogP contribution >= 0.6 is 0 Å². The van der Waals surface area contributed by atoms with Crippen molar-refractivity contribution in [2.24, 2.45) is 0 Å². The summed E-state index contributed by atoms with van der Waals surface area (Å²) in [6.45, 7) is 3.19. The van der Waals surface area contributed by atoms with Crippen molar-refractivity contribution in [2.45, 2.75) is 19.3 Å². The van der Waals surface area contributed by atoms with E-state index in [9.17, 15) is 4.79 Å². The zero-order chi connectivity index (χ0) is 22.9. The number of hydrogen-bond acceptors (Lipinski definition) is 5. The third kappa shape index (κ3) is 6.13. The second-order valence-corrected chi connectivity index (χ2v) is 8.06. The average Bonchev–Trinajstić information content (AvgIpc) is 2.88. The Bertz CT molecular complexity index is 1060. The fraction of sp³-hybridized carbons (Fsp3) is 0.259. The van der Waals surface area contributed by atoms with Crippen molar-refractivity contribution in [2.75, 3.05) is 41.8 Å². The third-order valence-corrected chi connectivity index (χ3v) is 5.70. The number of amides is 1. The van der Waals surface area contributed by atoms with Gasteiger partial charge in [0, 0.05) is 42.3 Å². The molecule has 6 heteroatoms. The highest BCUT2D eigenvalue weighted by molar-refractivity contribution is 6.48. The van der Waals surface area contributed by atoms with Crippen LogP contribution in [0, 0.1) is 5.41 Å². The SMILES string of the molecule is N=C(C(=O)Nc1ccc(N2CCCCC2)cc1)c1ccccc1NCCOc1ccccc1. The summed E-state index contributed by atoms with van der Waals surface area (Å²) >= 11 is 0. The predicted molar refractivity (Wildman–Crippen MR) is 135 cm³/mol. The molecule has 170 valence electrons. The van der Waals surface area contributed by atoms with Crippen molar-refractivity contribution in [3.8, 4) is 5.75 Å². The van der Waals surface area contributed by atoms with Gasteiger partial charge in [0.15, 0.2) is 0 Å². The maximum absolute atomic E-state index is 12.8. The maximum Gasteiger partial charge on any atom is 0.274 e. The van der Waals surface area contributed by atoms with Gasteiger partial charge in [-0.15, -0.1) is 0 Å². The van der Waals surface area contributed by atoms with Gasteiger partial charge < -0.3 is 20.3 Å². The Hall–Kier alpha value is -3.80. The van der Waals surface area contributed by atoms with Crippen LogP contribution in [0.25, 0.3) is 0 Å². The zero-order valence-electron chi connectivity index (χ0n) is 18.7. The fourth-order valence-corrected chi connectivity index (χ4v) is 3.95. The minimum atomic E-state index is -0.435. The first kappa shape index (κ1) is 22.4. The van der Waals surface area contributed by atoms with Crippen LogP contribution in [0.15, 0.2) is 78.9 Å². The lowest BCUT2D eigenvalue weighted by atomic mass is 10.1. The van der Waals surface area contributed by atoms with Crippen molar-refractivity contribution in [3.05, 3.63) is 84.4 Å². The number of carbonyl (C=O) groups excluding carboxylic acids is 1. The summed E-state index contributed by atoms with van der Waals surface area (Å²) in [5.74, 6) is 0.376. The largest absolute Gasteiger partial charge is 0.492 e. The molecule has 1 aliphatic heterocycles. The molecular weight excluding hydrogens is 412 g/mol. The molecule has 0 saturated carbocycles. The molecule has 1 saturated heterocycles. The normalized spacial score (nSPS) is 13.3. The Kier molecular flexibility index (Phi) is 7.59. The topological polar surface area (TPSA) is 77.5 Å². The van der Waals surface area contributed by atoms with Crippen LogP contribution < -0.4 is 20.3 Å². The zero-order valence-corrected chi connectivity index (χ0v) is 18.7. The van der Waals surface area contributed by atoms with E-state index < -0.39 is 5.91 Å². The van der Waals surface area contributed by atoms with Crippen LogP contribution in [0.5, 0.6) is 5.75 Å². The molecule has 1 heterocycles. The first-order chi connectivity index (χ1) is 16.2. The smallest absolute Gasteiger partial charge is 0.274 e. The van der Waals surface area contributed by atoms with E-state index in [1.807, 2.05) is 72.8 Å². The molecule has 33 heavy (non-hydrogen) atoms. The van der Waals surface area contributed by atoms with Crippen LogP contribution in [0.3, 0.4) is 0 Å². The minimum absolute atomic E-state index is 0.0813. The number of anilines is 3. The summed E-state index contributed by atoms with van der Waals surface area (Å²) < 4.78 is 5.71. The van der Waals surface area contributed by atoms with Crippen LogP contribution in [0.4, 0.5) is 17.1 Å². The van der Waals surface area contributed by atoms with Crippen LogP contribution in [-0.4, -0.2) is 37.9 Å². The lowest BCUT2D eigenvalue weighted by molar-refractivity contribution is -0.110. The molecule has 1 aliphatic rings. The lowest BCUT2D eigenvalue weighted by Gasteiger charge is -2.28. The Morgan fingerprint density at radius 2 is 1.58 bits per heavy atom. The van der Waals surface area contributed by atoms with Crippen LogP contribution in [0.2, 0.25) is 0 Å². The van der Waals surface area contributed by atoms with Crippen molar-refractivity contribution in [3.63, 3.8) is 0 Å². The summed E-state index contributed by atoms with van der Waals surface area (Å²) in [5, 5.41) is 14.6. The number of para-hydroxylation sites is 2. The quantitative estimate of drug-likeness (QED) is 0.315. The third-order valence-electron chi connectivity index (χ3n) is 5.70. The van der Waals surface area contributed by atoms with Crippen LogP contribution in [-0.2, 0) is 4.79 Å². The van der Waals surface area contributed by atoms with Crippen molar-refractivity contribution >= 4 is 28.7 Å². The summed E-state index contributed by atoms with van der Waals surface area (Å²) in [6, 6.07) is 24.9. The van der Waals surface area contributed by atoms with Gasteiger partial charge in [-0.1, -0.05) is 36.4 Å². The second kappa shape index (κ2) is 11.2. The minimum Gasteiger partial charge on any atom is -0.492 e. The van der Waals surface area contributed by atoms with Gasteiger partial charge in [-0.3, -0.25) is 10.2 Å². The highest BCUT2D eigenvalue weighted by Gasteiger charge is 2.16. The molecule has 0 spiro atoms. The van der Waals surface area contributed by atoms with E-state index >= 15 is 0 Å². The van der Waals surface area contributed by atoms with Crippen molar-refractivity contribution < 1.29 is 9.53 Å². The molecule has 0 bridgehead atoms. The molecule has 1 amide bonds. The predicted octanol–water partition coefficient (Wildman–Crippen LogP) is 5.17. The molecule has 3 aromatic rings. The number of nitrogens with zero attached hydrogens (tertiary/aromatic N) is 1. The molecule has 0 radical (unpaired) electrons. The number of piperidine rings is 1. The lowest BCUT2D eigenvalue weighted by Crippen LogP contribution is -2.29. The number of nitrogens with one attached hydrogen (secondary N) is 3. The summed E-state index contributed by atoms with van der Waals surface area (Å²) in [6.07, 6.45) is 3.74. The Morgan fingerprint density at radius 3 is 2.33 bits per heavy atom. The molecule has 6 nitrogen and oxygen atoms in total. The molecule has 3 N–H and O–H groups in total. The first-order valence-electron chi connectivity index (χ1n) is 11.5. The van der Waals surface area contributed by atoms with Gasteiger partial charge in [0.05, 0.1) is 0 Å². The maximum atomic E-state index is 12.8. The molecule has 0 aliphatic carbocycles. The molecular formula is C27H30N4O2. The Morgan fingerprint density at radius 1 is 0.879 bits per heavy atom. The number of ether oxygens (including phenoxy) is 1. The molecule has 0 atom stereocenters. The second-order valence-electron chi connectivity index (χ2n) is 8.06. The van der Waals surface area contributed by atoms with E-state index in [-0.39, 0.29) is 5.71 Å². The first-order valence-corrected chi connectivity index (χ1v) is 11.5. The molecule has 0 unspecified atom stereocenters. The van der Waals surface area contributed by atoms with E-state index in [1.54, 1.807) is 6.07 Å². The van der Waals surface area contributed by atoms with Gasteiger partial charge >= 0.3 is 0 Å². The van der Waals surface area contributed by atoms with E-state index in [4.69, 9.17) is 10.1 Å². The fourth-order valence-electron chi connectivity index (χ4n) is 3.95. The Balaban J connectivity index is 1.33. The summed E-state index contributed by atoms with van der Waals surface area (Å²) in [5.41, 5.74) is 3.07. The van der Waals surface area contributed by atoms with Crippen molar-refractivity contribution in [1.29, 1.82) is 5.41 Å². The van der Waals surface area contributed by atoms with Gasteiger partial charge in [-0.25, -0.2) is 0 Å². The van der Waals surface area contributed by atoms with Gasteiger partial charge in [-0.2, -0.15) is 0 Å². The van der Waals surface area contributed by atoms with E-state index in [0.717, 1.165) is 24.5 Å². The molecule has 4 rings (SSSR count). The highest BCUT2D eigenvalue weighted by atomic mass is 16.5. The number of carbonyl (C=O) groups is 1. The van der Waals surface area contributed by atoms with E-state index in [1.165, 1.54) is 24.9 Å². The molecule has 0 aromatic heterocycles. The number of rotatable bonds is 9. The van der Waals surface area contributed by atoms with Gasteiger partial charge in [0.2, 0.25) is 0 Å².